The van der Waals surface area contributed by atoms with Crippen molar-refractivity contribution in [3.05, 3.63) is 70.9 Å². The van der Waals surface area contributed by atoms with Gasteiger partial charge in [0.05, 0.1) is 67.9 Å². The van der Waals surface area contributed by atoms with Crippen LogP contribution in [0.15, 0.2) is 48.6 Å². The maximum Gasteiger partial charge on any atom is 0.328 e. The number of aliphatic hydroxyl groups is 2. The van der Waals surface area contributed by atoms with Crippen LogP contribution in [0.4, 0.5) is 5.69 Å². The predicted octanol–water partition coefficient (Wildman–Crippen LogP) is 6.52. The van der Waals surface area contributed by atoms with E-state index in [4.69, 9.17) is 33.2 Å². The van der Waals surface area contributed by atoms with Crippen LogP contribution in [0.1, 0.15) is 149 Å². The van der Waals surface area contributed by atoms with Crippen molar-refractivity contribution in [1.82, 2.24) is 25.4 Å². The van der Waals surface area contributed by atoms with Gasteiger partial charge in [0.25, 0.3) is 0 Å². The van der Waals surface area contributed by atoms with Gasteiger partial charge in [0, 0.05) is 110 Å². The molecule has 2 aromatic carbocycles. The molecule has 6 aliphatic heterocycles. The van der Waals surface area contributed by atoms with E-state index in [1.807, 2.05) is 79.8 Å². The zero-order chi connectivity index (χ0) is 62.6. The van der Waals surface area contributed by atoms with Crippen molar-refractivity contribution < 1.29 is 67.3 Å². The van der Waals surface area contributed by atoms with Crippen LogP contribution in [0.25, 0.3) is 10.9 Å². The van der Waals surface area contributed by atoms with Crippen molar-refractivity contribution in [2.75, 3.05) is 85.3 Å². The van der Waals surface area contributed by atoms with Crippen molar-refractivity contribution in [2.45, 2.75) is 197 Å². The van der Waals surface area contributed by atoms with E-state index in [0.717, 1.165) is 33.4 Å². The molecule has 13 atom stereocenters. The number of esters is 3. The standard InChI is InChI=1S/C67H96N6O14/c1-13-64(80)34-42-35-67(60(79)82-12,54-45(24-29-72(37-42)40-64)44-20-15-16-21-48(44)70-54)47-32-46-49(33-50(47)81-11)71(10)56-63(9,58(77)65(14-2)25-18-28-73-30-26-66(46,56)57(65)73)59(78)68-27-19-31-83-55(76)41(3)69-51(74)22-17-23-52(75)84-39-53(87-61(4,5)6)86-43-36-62(7,8)85-38-43/h15-16,18,20-21,25,32-33,41-43,53,56-58,70,77,80H,13-14,17,19,22-24,26-31,34-40H2,1-12H3,(H,68,78)(H,69,74). The number of carbonyl (C=O) groups excluding carboxylic acids is 5. The summed E-state index contributed by atoms with van der Waals surface area (Å²) < 4.78 is 41.6. The molecule has 1 saturated carbocycles. The number of aromatic amines is 1. The van der Waals surface area contributed by atoms with Gasteiger partial charge in [0.1, 0.15) is 23.8 Å². The van der Waals surface area contributed by atoms with Gasteiger partial charge in [-0.25, -0.2) is 4.79 Å². The molecule has 20 nitrogen and oxygen atoms in total. The Hall–Kier alpha value is -5.61. The zero-order valence-corrected chi connectivity index (χ0v) is 53.4. The minimum Gasteiger partial charge on any atom is -0.496 e. The summed E-state index contributed by atoms with van der Waals surface area (Å²) in [5.41, 5.74) is -1.06. The number of aromatic nitrogens is 1. The van der Waals surface area contributed by atoms with Crippen LogP contribution in [0, 0.1) is 16.7 Å². The second-order valence-corrected chi connectivity index (χ2v) is 27.9. The third-order valence-corrected chi connectivity index (χ3v) is 20.6. The van der Waals surface area contributed by atoms with E-state index in [0.29, 0.717) is 95.6 Å². The van der Waals surface area contributed by atoms with Crippen molar-refractivity contribution in [3.63, 3.8) is 0 Å². The number of anilines is 1. The molecule has 3 aromatic rings. The smallest absolute Gasteiger partial charge is 0.328 e. The number of rotatable bonds is 21. The fourth-order valence-electron chi connectivity index (χ4n) is 17.0. The number of piperidine rings is 1. The van der Waals surface area contributed by atoms with E-state index in [-0.39, 0.29) is 75.0 Å². The molecule has 1 aliphatic carbocycles. The monoisotopic (exact) mass is 1210 g/mol. The highest BCUT2D eigenvalue weighted by atomic mass is 16.7. The third kappa shape index (κ3) is 11.7. The molecule has 87 heavy (non-hydrogen) atoms. The molecule has 478 valence electrons. The van der Waals surface area contributed by atoms with Crippen LogP contribution in [0.2, 0.25) is 0 Å². The summed E-state index contributed by atoms with van der Waals surface area (Å²) in [6, 6.07) is 10.6. The van der Waals surface area contributed by atoms with Crippen LogP contribution >= 0.6 is 0 Å². The highest BCUT2D eigenvalue weighted by molar-refractivity contribution is 5.95. The SMILES string of the molecule is CCC1(O)CC2CN(CCc3c([nH]c4ccccc34)C(C(=O)OC)(c3cc4c(cc3OC)N(C)C3C(C)(C(=O)NCCCOC(=O)C(C)NC(=O)CCCC(=O)OCC(OC5COC(C)(C)C5)OC(C)(C)C)C(O)C5(CC)C=CCN6CCC43C65)C2)C1. The maximum absolute atomic E-state index is 15.6. The van der Waals surface area contributed by atoms with E-state index in [1.165, 1.54) is 14.0 Å². The number of nitrogens with one attached hydrogen (secondary N) is 3. The lowest BCUT2D eigenvalue weighted by Gasteiger charge is -2.64. The first-order valence-corrected chi connectivity index (χ1v) is 31.8. The average Bonchev–Trinajstić information content (AvgIpc) is 1.52. The van der Waals surface area contributed by atoms with Crippen LogP contribution in [0.3, 0.4) is 0 Å². The van der Waals surface area contributed by atoms with E-state index in [9.17, 15) is 24.6 Å². The number of nitrogens with zero attached hydrogens (tertiary/aromatic N) is 3. The minimum atomic E-state index is -1.43. The van der Waals surface area contributed by atoms with Gasteiger partial charge < -0.3 is 63.9 Å². The molecular weight excluding hydrogens is 1110 g/mol. The molecule has 13 unspecified atom stereocenters. The molecule has 7 heterocycles. The number of fused-ring (bicyclic) bond motifs is 6. The topological polar surface area (TPSA) is 240 Å². The number of aliphatic hydroxyl groups excluding tert-OH is 1. The first-order chi connectivity index (χ1) is 41.2. The molecule has 4 fully saturated rings. The Morgan fingerprint density at radius 1 is 0.943 bits per heavy atom. The van der Waals surface area contributed by atoms with Crippen molar-refractivity contribution in [2.24, 2.45) is 16.7 Å². The van der Waals surface area contributed by atoms with E-state index in [1.54, 1.807) is 7.11 Å². The van der Waals surface area contributed by atoms with Crippen molar-refractivity contribution in [1.29, 1.82) is 0 Å². The fraction of sp³-hybridized carbons (Fsp3) is 0.687. The minimum absolute atomic E-state index is 0.0218. The summed E-state index contributed by atoms with van der Waals surface area (Å²) in [6.45, 7) is 20.9. The Bertz CT molecular complexity index is 3100. The number of amides is 2. The van der Waals surface area contributed by atoms with Gasteiger partial charge in [-0.3, -0.25) is 29.0 Å². The maximum atomic E-state index is 15.6. The van der Waals surface area contributed by atoms with Gasteiger partial charge in [-0.1, -0.05) is 44.2 Å². The second-order valence-electron chi connectivity index (χ2n) is 27.9. The fourth-order valence-corrected chi connectivity index (χ4v) is 17.0. The normalized spacial score (nSPS) is 32.1. The molecular formula is C67H96N6O14. The molecule has 0 radical (unpaired) electrons. The number of para-hydroxylation sites is 1. The Morgan fingerprint density at radius 3 is 2.41 bits per heavy atom. The number of methoxy groups -OCH3 is 2. The Morgan fingerprint density at radius 2 is 1.71 bits per heavy atom. The van der Waals surface area contributed by atoms with E-state index >= 15 is 9.59 Å². The summed E-state index contributed by atoms with van der Waals surface area (Å²) in [6.07, 6.45) is 6.50. The average molecular weight is 1210 g/mol. The lowest BCUT2D eigenvalue weighted by Crippen LogP contribution is -2.77. The Balaban J connectivity index is 0.851. The number of hydrogen-bond donors (Lipinski definition) is 5. The first-order valence-electron chi connectivity index (χ1n) is 31.8. The lowest BCUT2D eigenvalue weighted by atomic mass is 9.44. The van der Waals surface area contributed by atoms with E-state index in [2.05, 4.69) is 61.5 Å². The van der Waals surface area contributed by atoms with Crippen molar-refractivity contribution in [3.8, 4) is 5.75 Å². The van der Waals surface area contributed by atoms with Crippen LogP contribution in [-0.4, -0.2) is 189 Å². The molecule has 10 rings (SSSR count). The number of carbonyl (C=O) groups is 5. The number of H-pyrrole nitrogens is 1. The zero-order valence-electron chi connectivity index (χ0n) is 53.4. The van der Waals surface area contributed by atoms with Gasteiger partial charge >= 0.3 is 17.9 Å². The number of likely N-dealkylation sites (N-methyl/N-ethyl adjacent to an activating group) is 1. The van der Waals surface area contributed by atoms with Gasteiger partial charge in [-0.2, -0.15) is 0 Å². The Kier molecular flexibility index (Phi) is 18.2. The van der Waals surface area contributed by atoms with Gasteiger partial charge in [-0.15, -0.1) is 0 Å². The van der Waals surface area contributed by atoms with Crippen LogP contribution in [-0.2, 0) is 69.6 Å². The van der Waals surface area contributed by atoms with Crippen molar-refractivity contribution >= 4 is 46.3 Å². The van der Waals surface area contributed by atoms with Gasteiger partial charge in [-0.05, 0) is 136 Å². The molecule has 3 saturated heterocycles. The molecule has 5 N–H and O–H groups in total. The summed E-state index contributed by atoms with van der Waals surface area (Å²) in [4.78, 5) is 80.8. The summed E-state index contributed by atoms with van der Waals surface area (Å²) in [5.74, 6) is -1.96. The van der Waals surface area contributed by atoms with Crippen LogP contribution < -0.4 is 20.3 Å². The molecule has 2 bridgehead atoms. The molecule has 1 spiro atoms. The summed E-state index contributed by atoms with van der Waals surface area (Å²) in [5, 5.41) is 32.3. The third-order valence-electron chi connectivity index (χ3n) is 20.6. The molecule has 1 aromatic heterocycles. The van der Waals surface area contributed by atoms with Gasteiger partial charge in [0.2, 0.25) is 11.8 Å². The molecule has 20 heteroatoms. The molecule has 7 aliphatic rings. The van der Waals surface area contributed by atoms with Crippen LogP contribution in [0.5, 0.6) is 5.75 Å². The highest BCUT2D eigenvalue weighted by Crippen LogP contribution is 2.69. The number of hydrogen-bond acceptors (Lipinski definition) is 17. The number of ether oxygens (including phenoxy) is 7. The largest absolute Gasteiger partial charge is 0.496 e. The molecule has 2 amide bonds. The Labute approximate surface area is 513 Å². The summed E-state index contributed by atoms with van der Waals surface area (Å²) in [7, 11) is 5.08. The van der Waals surface area contributed by atoms with Gasteiger partial charge in [0.15, 0.2) is 6.29 Å². The lowest BCUT2D eigenvalue weighted by molar-refractivity contribution is -0.233. The predicted molar refractivity (Wildman–Crippen MR) is 327 cm³/mol. The quantitative estimate of drug-likeness (QED) is 0.0251. The first kappa shape index (κ1) is 64.4. The second kappa shape index (κ2) is 24.6. The number of benzene rings is 2. The highest BCUT2D eigenvalue weighted by Gasteiger charge is 2.77. The summed E-state index contributed by atoms with van der Waals surface area (Å²) >= 11 is 0. The van der Waals surface area contributed by atoms with E-state index < -0.39 is 81.2 Å².